The summed E-state index contributed by atoms with van der Waals surface area (Å²) in [6.07, 6.45) is 3.93. The average Bonchev–Trinajstić information content (AvgIpc) is 3.00. The molecule has 3 heteroatoms. The summed E-state index contributed by atoms with van der Waals surface area (Å²) in [6.45, 7) is 3.58. The van der Waals surface area contributed by atoms with Crippen LogP contribution in [0.1, 0.15) is 24.0 Å². The van der Waals surface area contributed by atoms with Gasteiger partial charge in [0.25, 0.3) is 0 Å². The highest BCUT2D eigenvalue weighted by atomic mass is 19.1. The molecule has 0 atom stereocenters. The number of carbonyl (C=O) groups is 1. The van der Waals surface area contributed by atoms with Crippen LogP contribution in [-0.2, 0) is 11.2 Å². The van der Waals surface area contributed by atoms with Gasteiger partial charge in [-0.05, 0) is 36.1 Å². The lowest BCUT2D eigenvalue weighted by molar-refractivity contribution is -0.120. The van der Waals surface area contributed by atoms with Crippen molar-refractivity contribution < 1.29 is 9.18 Å². The van der Waals surface area contributed by atoms with Gasteiger partial charge in [0, 0.05) is 6.04 Å². The Morgan fingerprint density at radius 1 is 1.50 bits per heavy atom. The van der Waals surface area contributed by atoms with E-state index in [-0.39, 0.29) is 18.1 Å². The normalized spacial score (nSPS) is 14.6. The molecule has 1 aliphatic carbocycles. The summed E-state index contributed by atoms with van der Waals surface area (Å²) in [5.74, 6) is -0.366. The first-order valence-corrected chi connectivity index (χ1v) is 5.38. The van der Waals surface area contributed by atoms with Gasteiger partial charge < -0.3 is 5.32 Å². The Hall–Kier alpha value is -1.64. The molecule has 84 valence electrons. The van der Waals surface area contributed by atoms with E-state index in [0.29, 0.717) is 17.2 Å². The summed E-state index contributed by atoms with van der Waals surface area (Å²) < 4.78 is 13.2. The number of hydrogen-bond acceptors (Lipinski definition) is 1. The number of nitrogens with one attached hydrogen (secondary N) is 1. The quantitative estimate of drug-likeness (QED) is 0.827. The molecule has 0 heterocycles. The molecule has 2 nitrogen and oxygen atoms in total. The second kappa shape index (κ2) is 4.47. The summed E-state index contributed by atoms with van der Waals surface area (Å²) in [7, 11) is 0. The van der Waals surface area contributed by atoms with Crippen LogP contribution in [0, 0.1) is 5.82 Å². The van der Waals surface area contributed by atoms with E-state index in [1.54, 1.807) is 12.1 Å². The van der Waals surface area contributed by atoms with E-state index in [1.807, 2.05) is 0 Å². The molecule has 0 bridgehead atoms. The predicted molar refractivity (Wildman–Crippen MR) is 61.4 cm³/mol. The highest BCUT2D eigenvalue weighted by Gasteiger charge is 2.23. The molecule has 16 heavy (non-hydrogen) atoms. The first kappa shape index (κ1) is 10.9. The molecule has 0 saturated heterocycles. The lowest BCUT2D eigenvalue weighted by Crippen LogP contribution is -2.27. The molecule has 1 aromatic rings. The van der Waals surface area contributed by atoms with Crippen LogP contribution >= 0.6 is 0 Å². The molecule has 0 unspecified atom stereocenters. The molecule has 0 spiro atoms. The van der Waals surface area contributed by atoms with Gasteiger partial charge in [0.15, 0.2) is 0 Å². The molecular formula is C13H14FNO. The fourth-order valence-corrected chi connectivity index (χ4v) is 1.59. The van der Waals surface area contributed by atoms with Crippen LogP contribution in [0.3, 0.4) is 0 Å². The van der Waals surface area contributed by atoms with E-state index in [2.05, 4.69) is 11.9 Å². The van der Waals surface area contributed by atoms with Crippen molar-refractivity contribution in [2.75, 3.05) is 0 Å². The van der Waals surface area contributed by atoms with Crippen LogP contribution < -0.4 is 5.32 Å². The number of amides is 1. The highest BCUT2D eigenvalue weighted by Crippen LogP contribution is 2.19. The molecule has 2 rings (SSSR count). The number of halogens is 1. The van der Waals surface area contributed by atoms with Crippen molar-refractivity contribution in [1.29, 1.82) is 0 Å². The van der Waals surface area contributed by atoms with Crippen molar-refractivity contribution in [3.05, 3.63) is 41.7 Å². The fraction of sp³-hybridized carbons (Fsp3) is 0.308. The molecular weight excluding hydrogens is 205 g/mol. The van der Waals surface area contributed by atoms with E-state index in [0.717, 1.165) is 12.8 Å². The molecule has 1 saturated carbocycles. The van der Waals surface area contributed by atoms with Gasteiger partial charge in [-0.2, -0.15) is 0 Å². The third-order valence-electron chi connectivity index (χ3n) is 2.52. The van der Waals surface area contributed by atoms with Gasteiger partial charge in [-0.25, -0.2) is 4.39 Å². The van der Waals surface area contributed by atoms with E-state index in [1.165, 1.54) is 12.1 Å². The van der Waals surface area contributed by atoms with Crippen LogP contribution in [0.15, 0.2) is 24.8 Å². The molecule has 1 aliphatic rings. The van der Waals surface area contributed by atoms with E-state index in [4.69, 9.17) is 0 Å². The third kappa shape index (κ3) is 2.92. The maximum absolute atomic E-state index is 13.2. The topological polar surface area (TPSA) is 29.1 Å². The maximum atomic E-state index is 13.2. The van der Waals surface area contributed by atoms with E-state index < -0.39 is 0 Å². The van der Waals surface area contributed by atoms with Crippen molar-refractivity contribution in [3.63, 3.8) is 0 Å². The maximum Gasteiger partial charge on any atom is 0.224 e. The van der Waals surface area contributed by atoms with Gasteiger partial charge in [0.05, 0.1) is 6.42 Å². The van der Waals surface area contributed by atoms with Gasteiger partial charge in [-0.1, -0.05) is 18.7 Å². The largest absolute Gasteiger partial charge is 0.353 e. The summed E-state index contributed by atoms with van der Waals surface area (Å²) in [5, 5.41) is 2.87. The van der Waals surface area contributed by atoms with Gasteiger partial charge in [-0.3, -0.25) is 4.79 Å². The second-order valence-electron chi connectivity index (χ2n) is 4.12. The van der Waals surface area contributed by atoms with Crippen molar-refractivity contribution in [1.82, 2.24) is 5.32 Å². The van der Waals surface area contributed by atoms with Crippen LogP contribution in [0.5, 0.6) is 0 Å². The number of benzene rings is 1. The van der Waals surface area contributed by atoms with Crippen molar-refractivity contribution in [3.8, 4) is 0 Å². The highest BCUT2D eigenvalue weighted by molar-refractivity contribution is 5.79. The van der Waals surface area contributed by atoms with E-state index in [9.17, 15) is 9.18 Å². The van der Waals surface area contributed by atoms with Crippen LogP contribution in [0.4, 0.5) is 4.39 Å². The summed E-state index contributed by atoms with van der Waals surface area (Å²) in [4.78, 5) is 11.5. The van der Waals surface area contributed by atoms with Crippen molar-refractivity contribution >= 4 is 12.0 Å². The molecule has 0 radical (unpaired) electrons. The fourth-order valence-electron chi connectivity index (χ4n) is 1.59. The summed E-state index contributed by atoms with van der Waals surface area (Å²) >= 11 is 0. The average molecular weight is 219 g/mol. The van der Waals surface area contributed by atoms with Crippen LogP contribution in [0.25, 0.3) is 6.08 Å². The lowest BCUT2D eigenvalue weighted by Gasteiger charge is -2.04. The number of hydrogen-bond donors (Lipinski definition) is 1. The first-order chi connectivity index (χ1) is 7.67. The molecule has 0 aliphatic heterocycles. The van der Waals surface area contributed by atoms with Crippen LogP contribution in [-0.4, -0.2) is 11.9 Å². The standard InChI is InChI=1S/C13H14FNO/c1-2-9-5-10(7-11(14)6-9)8-13(16)15-12-3-4-12/h2,5-7,12H,1,3-4,8H2,(H,15,16). The molecule has 1 aromatic carbocycles. The monoisotopic (exact) mass is 219 g/mol. The predicted octanol–water partition coefficient (Wildman–Crippen LogP) is 2.29. The lowest BCUT2D eigenvalue weighted by atomic mass is 10.1. The second-order valence-corrected chi connectivity index (χ2v) is 4.12. The van der Waals surface area contributed by atoms with Crippen molar-refractivity contribution in [2.45, 2.75) is 25.3 Å². The van der Waals surface area contributed by atoms with Crippen LogP contribution in [0.2, 0.25) is 0 Å². The molecule has 1 fully saturated rings. The Morgan fingerprint density at radius 2 is 2.25 bits per heavy atom. The van der Waals surface area contributed by atoms with Crippen molar-refractivity contribution in [2.24, 2.45) is 0 Å². The van der Waals surface area contributed by atoms with Gasteiger partial charge in [-0.15, -0.1) is 0 Å². The first-order valence-electron chi connectivity index (χ1n) is 5.38. The minimum atomic E-state index is -0.327. The van der Waals surface area contributed by atoms with E-state index >= 15 is 0 Å². The molecule has 1 N–H and O–H groups in total. The third-order valence-corrected chi connectivity index (χ3v) is 2.52. The molecule has 0 aromatic heterocycles. The smallest absolute Gasteiger partial charge is 0.224 e. The minimum Gasteiger partial charge on any atom is -0.353 e. The summed E-state index contributed by atoms with van der Waals surface area (Å²) in [6, 6.07) is 4.91. The number of rotatable bonds is 4. The SMILES string of the molecule is C=Cc1cc(F)cc(CC(=O)NC2CC2)c1. The minimum absolute atomic E-state index is 0.0388. The zero-order chi connectivity index (χ0) is 11.5. The Bertz CT molecular complexity index is 424. The Labute approximate surface area is 94.2 Å². The zero-order valence-corrected chi connectivity index (χ0v) is 9.00. The van der Waals surface area contributed by atoms with Gasteiger partial charge in [0.1, 0.15) is 5.82 Å². The Kier molecular flexibility index (Phi) is 3.04. The Morgan fingerprint density at radius 3 is 2.88 bits per heavy atom. The Balaban J connectivity index is 2.04. The zero-order valence-electron chi connectivity index (χ0n) is 9.00. The van der Waals surface area contributed by atoms with Gasteiger partial charge >= 0.3 is 0 Å². The summed E-state index contributed by atoms with van der Waals surface area (Å²) in [5.41, 5.74) is 1.39. The number of carbonyl (C=O) groups excluding carboxylic acids is 1. The molecule has 1 amide bonds. The van der Waals surface area contributed by atoms with Gasteiger partial charge in [0.2, 0.25) is 5.91 Å².